The second-order valence-corrected chi connectivity index (χ2v) is 2.59. The lowest BCUT2D eigenvalue weighted by Crippen LogP contribution is -2.32. The zero-order valence-corrected chi connectivity index (χ0v) is 7.09. The molecule has 3 nitrogen and oxygen atoms in total. The second-order valence-electron chi connectivity index (χ2n) is 2.59. The summed E-state index contributed by atoms with van der Waals surface area (Å²) in [4.78, 5) is 10.5. The molecule has 1 unspecified atom stereocenters. The number of amides is 1. The summed E-state index contributed by atoms with van der Waals surface area (Å²) >= 11 is 0. The third-order valence-corrected chi connectivity index (χ3v) is 1.46. The van der Waals surface area contributed by atoms with Crippen LogP contribution in [0.4, 0.5) is 4.79 Å². The Labute approximate surface area is 68.9 Å². The van der Waals surface area contributed by atoms with Crippen molar-refractivity contribution in [3.05, 3.63) is 0 Å². The van der Waals surface area contributed by atoms with Crippen LogP contribution in [0.2, 0.25) is 0 Å². The first-order valence-electron chi connectivity index (χ1n) is 3.88. The third-order valence-electron chi connectivity index (χ3n) is 1.46. The molecule has 0 aromatic rings. The van der Waals surface area contributed by atoms with Gasteiger partial charge in [-0.25, -0.2) is 4.79 Å². The van der Waals surface area contributed by atoms with Crippen molar-refractivity contribution in [2.24, 2.45) is 0 Å². The van der Waals surface area contributed by atoms with Gasteiger partial charge in [-0.15, -0.1) is 0 Å². The molecule has 0 heterocycles. The molecule has 0 saturated carbocycles. The molecule has 2 radical (unpaired) electrons. The molecule has 0 spiro atoms. The summed E-state index contributed by atoms with van der Waals surface area (Å²) in [6.07, 6.45) is 2.63. The van der Waals surface area contributed by atoms with Crippen LogP contribution in [0, 0.1) is 0 Å². The average molecular weight is 155 g/mol. The van der Waals surface area contributed by atoms with Crippen LogP contribution in [-0.2, 0) is 4.65 Å². The Hall–Kier alpha value is -0.665. The topological polar surface area (TPSA) is 38.3 Å². The molecule has 1 amide bonds. The summed E-state index contributed by atoms with van der Waals surface area (Å²) in [6, 6.07) is 0.144. The Morgan fingerprint density at radius 3 is 2.82 bits per heavy atom. The van der Waals surface area contributed by atoms with Crippen molar-refractivity contribution in [3.63, 3.8) is 0 Å². The Bertz CT molecular complexity index is 119. The highest BCUT2D eigenvalue weighted by Crippen LogP contribution is 1.98. The molecule has 0 aliphatic heterocycles. The molecule has 1 N–H and O–H groups in total. The molecule has 0 aliphatic carbocycles. The smallest absolute Gasteiger partial charge is 0.388 e. The van der Waals surface area contributed by atoms with Crippen LogP contribution in [0.25, 0.3) is 0 Å². The van der Waals surface area contributed by atoms with Crippen molar-refractivity contribution in [3.8, 4) is 0 Å². The summed E-state index contributed by atoms with van der Waals surface area (Å²) in [7, 11) is 4.64. The maximum Gasteiger partial charge on any atom is 0.388 e. The van der Waals surface area contributed by atoms with Crippen molar-refractivity contribution in [1.82, 2.24) is 5.32 Å². The predicted molar refractivity (Wildman–Crippen MR) is 44.4 cm³/mol. The van der Waals surface area contributed by atoms with Gasteiger partial charge in [-0.3, -0.25) is 0 Å². The summed E-state index contributed by atoms with van der Waals surface area (Å²) in [6.45, 7) is 4.03. The van der Waals surface area contributed by atoms with Crippen molar-refractivity contribution in [2.75, 3.05) is 0 Å². The molecule has 0 aromatic heterocycles. The molecule has 0 aromatic carbocycles. The van der Waals surface area contributed by atoms with Crippen LogP contribution in [0.3, 0.4) is 0 Å². The van der Waals surface area contributed by atoms with Gasteiger partial charge in [0, 0.05) is 6.04 Å². The molecule has 0 bridgehead atoms. The number of rotatable bonds is 4. The number of nitrogens with one attached hydrogen (secondary N) is 1. The van der Waals surface area contributed by atoms with Crippen molar-refractivity contribution >= 4 is 14.1 Å². The summed E-state index contributed by atoms with van der Waals surface area (Å²) in [5, 5.41) is 2.58. The van der Waals surface area contributed by atoms with Gasteiger partial charge in [-0.1, -0.05) is 19.8 Å². The fraction of sp³-hybridized carbons (Fsp3) is 0.857. The Morgan fingerprint density at radius 1 is 1.73 bits per heavy atom. The Balaban J connectivity index is 3.35. The lowest BCUT2D eigenvalue weighted by molar-refractivity contribution is 0.200. The van der Waals surface area contributed by atoms with E-state index in [1.54, 1.807) is 0 Å². The van der Waals surface area contributed by atoms with Crippen LogP contribution in [0.15, 0.2) is 0 Å². The molecule has 62 valence electrons. The lowest BCUT2D eigenvalue weighted by Gasteiger charge is -2.11. The SMILES string of the molecule is [B]OC(=O)NC(C)CCCC. The van der Waals surface area contributed by atoms with E-state index in [0.29, 0.717) is 0 Å². The normalized spacial score (nSPS) is 12.2. The van der Waals surface area contributed by atoms with E-state index in [4.69, 9.17) is 0 Å². The Kier molecular flexibility index (Phi) is 5.70. The first-order valence-corrected chi connectivity index (χ1v) is 3.88. The summed E-state index contributed by atoms with van der Waals surface area (Å²) in [5.41, 5.74) is 0. The standard InChI is InChI=1S/C7H14BNO2/c1-3-4-5-6(2)9-7(10)11-8/h6H,3-5H2,1-2H3,(H,9,10). The molecular formula is C7H14BNO2. The monoisotopic (exact) mass is 155 g/mol. The summed E-state index contributed by atoms with van der Waals surface area (Å²) in [5.74, 6) is 0. The molecule has 0 fully saturated rings. The van der Waals surface area contributed by atoms with Gasteiger partial charge in [-0.05, 0) is 13.3 Å². The number of unbranched alkanes of at least 4 members (excludes halogenated alkanes) is 1. The zero-order chi connectivity index (χ0) is 8.69. The fourth-order valence-corrected chi connectivity index (χ4v) is 0.818. The van der Waals surface area contributed by atoms with E-state index in [-0.39, 0.29) is 6.04 Å². The number of carbonyl (C=O) groups excluding carboxylic acids is 1. The third kappa shape index (κ3) is 5.76. The lowest BCUT2D eigenvalue weighted by atomic mass is 10.1. The van der Waals surface area contributed by atoms with Crippen LogP contribution >= 0.6 is 0 Å². The zero-order valence-electron chi connectivity index (χ0n) is 7.09. The number of hydrogen-bond acceptors (Lipinski definition) is 2. The molecule has 0 aliphatic rings. The van der Waals surface area contributed by atoms with Crippen LogP contribution in [0.5, 0.6) is 0 Å². The molecule has 4 heteroatoms. The predicted octanol–water partition coefficient (Wildman–Crippen LogP) is 1.37. The van der Waals surface area contributed by atoms with E-state index in [1.807, 2.05) is 6.92 Å². The molecule has 0 saturated heterocycles. The van der Waals surface area contributed by atoms with Gasteiger partial charge in [0.1, 0.15) is 0 Å². The highest BCUT2D eigenvalue weighted by atomic mass is 16.5. The van der Waals surface area contributed by atoms with Gasteiger partial charge in [0.15, 0.2) is 0 Å². The molecular weight excluding hydrogens is 141 g/mol. The minimum Gasteiger partial charge on any atom is -0.528 e. The van der Waals surface area contributed by atoms with E-state index >= 15 is 0 Å². The van der Waals surface area contributed by atoms with Crippen molar-refractivity contribution < 1.29 is 9.45 Å². The second kappa shape index (κ2) is 6.07. The molecule has 11 heavy (non-hydrogen) atoms. The minimum absolute atomic E-state index is 0.144. The van der Waals surface area contributed by atoms with E-state index in [1.165, 1.54) is 0 Å². The van der Waals surface area contributed by atoms with E-state index < -0.39 is 6.09 Å². The maximum absolute atomic E-state index is 10.5. The van der Waals surface area contributed by atoms with Gasteiger partial charge < -0.3 is 9.97 Å². The first kappa shape index (κ1) is 10.3. The van der Waals surface area contributed by atoms with Gasteiger partial charge in [0.25, 0.3) is 0 Å². The van der Waals surface area contributed by atoms with Crippen molar-refractivity contribution in [1.29, 1.82) is 0 Å². The highest BCUT2D eigenvalue weighted by molar-refractivity contribution is 6.05. The number of hydrogen-bond donors (Lipinski definition) is 1. The van der Waals surface area contributed by atoms with Crippen LogP contribution in [0.1, 0.15) is 33.1 Å². The largest absolute Gasteiger partial charge is 0.528 e. The van der Waals surface area contributed by atoms with Crippen molar-refractivity contribution in [2.45, 2.75) is 39.2 Å². The number of carbonyl (C=O) groups is 1. The van der Waals surface area contributed by atoms with Gasteiger partial charge in [0.05, 0.1) is 0 Å². The fourth-order valence-electron chi connectivity index (χ4n) is 0.818. The summed E-state index contributed by atoms with van der Waals surface area (Å²) < 4.78 is 3.95. The van der Waals surface area contributed by atoms with E-state index in [9.17, 15) is 4.79 Å². The van der Waals surface area contributed by atoms with Gasteiger partial charge in [-0.2, -0.15) is 0 Å². The minimum atomic E-state index is -0.561. The van der Waals surface area contributed by atoms with Crippen LogP contribution < -0.4 is 5.32 Å². The van der Waals surface area contributed by atoms with Gasteiger partial charge in [0.2, 0.25) is 0 Å². The Morgan fingerprint density at radius 2 is 2.36 bits per heavy atom. The average Bonchev–Trinajstić information content (AvgIpc) is 2.00. The highest BCUT2D eigenvalue weighted by Gasteiger charge is 2.04. The maximum atomic E-state index is 10.5. The van der Waals surface area contributed by atoms with Crippen LogP contribution in [-0.4, -0.2) is 20.2 Å². The first-order chi connectivity index (χ1) is 5.20. The molecule has 1 atom stereocenters. The quantitative estimate of drug-likeness (QED) is 0.622. The molecule has 0 rings (SSSR count). The van der Waals surface area contributed by atoms with E-state index in [0.717, 1.165) is 19.3 Å². The van der Waals surface area contributed by atoms with E-state index in [2.05, 4.69) is 24.9 Å². The van der Waals surface area contributed by atoms with Gasteiger partial charge >= 0.3 is 14.1 Å².